The van der Waals surface area contributed by atoms with Crippen LogP contribution < -0.4 is 21.2 Å². The van der Waals surface area contributed by atoms with Crippen LogP contribution in [0.2, 0.25) is 0 Å². The summed E-state index contributed by atoms with van der Waals surface area (Å²) in [6.45, 7) is 2.45. The number of aryl methyl sites for hydroxylation is 1. The lowest BCUT2D eigenvalue weighted by atomic mass is 10.2. The Morgan fingerprint density at radius 3 is 2.81 bits per heavy atom. The van der Waals surface area contributed by atoms with Gasteiger partial charge >= 0.3 is 5.96 Å². The van der Waals surface area contributed by atoms with Crippen LogP contribution in [0.4, 0.5) is 5.95 Å². The first kappa shape index (κ1) is 16.0. The van der Waals surface area contributed by atoms with Gasteiger partial charge in [-0.15, -0.1) is 0 Å². The second-order valence-electron chi connectivity index (χ2n) is 6.10. The second kappa shape index (κ2) is 6.79. The van der Waals surface area contributed by atoms with Gasteiger partial charge in [0.05, 0.1) is 6.54 Å². The molecule has 0 bridgehead atoms. The van der Waals surface area contributed by atoms with Gasteiger partial charge in [0.1, 0.15) is 0 Å². The van der Waals surface area contributed by atoms with E-state index in [1.807, 2.05) is 37.3 Å². The smallest absolute Gasteiger partial charge is 0.273 e. The van der Waals surface area contributed by atoms with E-state index < -0.39 is 0 Å². The van der Waals surface area contributed by atoms with Crippen LogP contribution in [-0.2, 0) is 6.54 Å². The molecule has 0 aliphatic carbocycles. The number of aromatic nitrogens is 3. The third kappa shape index (κ3) is 3.19. The van der Waals surface area contributed by atoms with Crippen LogP contribution in [-0.4, -0.2) is 20.5 Å². The number of rotatable bonds is 3. The van der Waals surface area contributed by atoms with Crippen molar-refractivity contribution in [3.8, 4) is 0 Å². The molecule has 1 aliphatic rings. The molecular weight excluding hydrogens is 328 g/mol. The lowest BCUT2D eigenvalue weighted by Crippen LogP contribution is -2.78. The van der Waals surface area contributed by atoms with E-state index in [-0.39, 0.29) is 11.7 Å². The summed E-state index contributed by atoms with van der Waals surface area (Å²) in [5.41, 5.74) is 2.58. The van der Waals surface area contributed by atoms with Gasteiger partial charge in [-0.2, -0.15) is 0 Å². The molecular formula is C19H19N6O+. The van der Waals surface area contributed by atoms with Gasteiger partial charge < -0.3 is 0 Å². The molecule has 3 heterocycles. The first-order valence-corrected chi connectivity index (χ1v) is 8.39. The maximum absolute atomic E-state index is 12.5. The fourth-order valence-corrected chi connectivity index (χ4v) is 2.94. The molecule has 2 aromatic heterocycles. The topological polar surface area (TPSA) is 85.8 Å². The molecule has 1 aliphatic heterocycles. The molecule has 0 saturated carbocycles. The van der Waals surface area contributed by atoms with Crippen molar-refractivity contribution in [2.45, 2.75) is 19.6 Å². The van der Waals surface area contributed by atoms with E-state index in [0.29, 0.717) is 24.1 Å². The number of nitrogens with zero attached hydrogens (tertiary/aromatic N) is 3. The Morgan fingerprint density at radius 2 is 2.04 bits per heavy atom. The van der Waals surface area contributed by atoms with Gasteiger partial charge in [0.2, 0.25) is 0 Å². The molecule has 26 heavy (non-hydrogen) atoms. The number of fused-ring (bicyclic) bond motifs is 1. The second-order valence-corrected chi connectivity index (χ2v) is 6.10. The highest BCUT2D eigenvalue weighted by Gasteiger charge is 2.31. The molecule has 0 unspecified atom stereocenters. The minimum atomic E-state index is -0.390. The largest absolute Gasteiger partial charge is 0.353 e. The SMILES string of the molecule is Cc1cc(=O)n2c(n1)NC(=[NH+]Cc1ccccc1)N[C@H]2c1cccnc1. The molecule has 0 spiro atoms. The van der Waals surface area contributed by atoms with E-state index in [1.54, 1.807) is 17.0 Å². The van der Waals surface area contributed by atoms with Crippen molar-refractivity contribution in [1.29, 1.82) is 0 Å². The van der Waals surface area contributed by atoms with Gasteiger partial charge in [0.25, 0.3) is 11.5 Å². The summed E-state index contributed by atoms with van der Waals surface area (Å²) in [6, 6.07) is 15.4. The quantitative estimate of drug-likeness (QED) is 0.628. The molecule has 3 N–H and O–H groups in total. The molecule has 1 atom stereocenters. The van der Waals surface area contributed by atoms with E-state index in [0.717, 1.165) is 11.1 Å². The Bertz CT molecular complexity index is 998. The van der Waals surface area contributed by atoms with E-state index in [9.17, 15) is 4.79 Å². The van der Waals surface area contributed by atoms with Crippen LogP contribution in [0.1, 0.15) is 23.0 Å². The number of hydrogen-bond acceptors (Lipinski definition) is 3. The molecule has 0 amide bonds. The Morgan fingerprint density at radius 1 is 1.19 bits per heavy atom. The minimum Gasteiger partial charge on any atom is -0.273 e. The zero-order valence-corrected chi connectivity index (χ0v) is 14.3. The molecule has 4 rings (SSSR count). The zero-order valence-electron chi connectivity index (χ0n) is 14.3. The van der Waals surface area contributed by atoms with Crippen LogP contribution in [0.3, 0.4) is 0 Å². The van der Waals surface area contributed by atoms with Crippen molar-refractivity contribution in [2.75, 3.05) is 5.32 Å². The van der Waals surface area contributed by atoms with Crippen LogP contribution in [0.25, 0.3) is 0 Å². The predicted molar refractivity (Wildman–Crippen MR) is 98.5 cm³/mol. The van der Waals surface area contributed by atoms with E-state index >= 15 is 0 Å². The lowest BCUT2D eigenvalue weighted by molar-refractivity contribution is -0.477. The van der Waals surface area contributed by atoms with E-state index in [1.165, 1.54) is 6.07 Å². The van der Waals surface area contributed by atoms with E-state index in [2.05, 4.69) is 37.7 Å². The molecule has 0 fully saturated rings. The summed E-state index contributed by atoms with van der Waals surface area (Å²) >= 11 is 0. The average Bonchev–Trinajstić information content (AvgIpc) is 2.67. The predicted octanol–water partition coefficient (Wildman–Crippen LogP) is 0.146. The Kier molecular flexibility index (Phi) is 4.18. The maximum atomic E-state index is 12.5. The molecule has 7 nitrogen and oxygen atoms in total. The number of nitrogens with one attached hydrogen (secondary N) is 3. The Labute approximate surface area is 150 Å². The third-order valence-corrected chi connectivity index (χ3v) is 4.17. The van der Waals surface area contributed by atoms with Crippen molar-refractivity contribution < 1.29 is 4.99 Å². The van der Waals surface area contributed by atoms with Gasteiger partial charge in [0, 0.05) is 29.7 Å². The summed E-state index contributed by atoms with van der Waals surface area (Å²) < 4.78 is 1.59. The highest BCUT2D eigenvalue weighted by molar-refractivity contribution is 5.89. The summed E-state index contributed by atoms with van der Waals surface area (Å²) in [7, 11) is 0. The summed E-state index contributed by atoms with van der Waals surface area (Å²) in [5.74, 6) is 1.19. The fourth-order valence-electron chi connectivity index (χ4n) is 2.94. The number of guanidine groups is 1. The highest BCUT2D eigenvalue weighted by Crippen LogP contribution is 2.19. The molecule has 0 saturated heterocycles. The first-order valence-electron chi connectivity index (χ1n) is 8.39. The summed E-state index contributed by atoms with van der Waals surface area (Å²) in [5, 5.41) is 6.51. The summed E-state index contributed by atoms with van der Waals surface area (Å²) in [4.78, 5) is 24.5. The van der Waals surface area contributed by atoms with Crippen molar-refractivity contribution in [2.24, 2.45) is 0 Å². The maximum Gasteiger partial charge on any atom is 0.353 e. The van der Waals surface area contributed by atoms with Gasteiger partial charge in [-0.25, -0.2) is 14.9 Å². The number of hydrogen-bond donors (Lipinski definition) is 3. The highest BCUT2D eigenvalue weighted by atomic mass is 16.1. The van der Waals surface area contributed by atoms with Gasteiger partial charge in [-0.05, 0) is 18.6 Å². The number of benzene rings is 1. The minimum absolute atomic E-state index is 0.122. The first-order chi connectivity index (χ1) is 12.7. The third-order valence-electron chi connectivity index (χ3n) is 4.17. The van der Waals surface area contributed by atoms with Crippen LogP contribution >= 0.6 is 0 Å². The van der Waals surface area contributed by atoms with Crippen molar-refractivity contribution in [3.63, 3.8) is 0 Å². The normalized spacial score (nSPS) is 17.3. The van der Waals surface area contributed by atoms with Crippen LogP contribution in [0.15, 0.2) is 65.7 Å². The lowest BCUT2D eigenvalue weighted by Gasteiger charge is -2.25. The fraction of sp³-hybridized carbons (Fsp3) is 0.158. The van der Waals surface area contributed by atoms with Crippen LogP contribution in [0, 0.1) is 6.92 Å². The number of pyridine rings is 1. The van der Waals surface area contributed by atoms with Crippen molar-refractivity contribution in [3.05, 3.63) is 88.1 Å². The molecule has 130 valence electrons. The van der Waals surface area contributed by atoms with Gasteiger partial charge in [-0.1, -0.05) is 36.4 Å². The average molecular weight is 347 g/mol. The molecule has 7 heteroatoms. The van der Waals surface area contributed by atoms with Crippen molar-refractivity contribution >= 4 is 11.9 Å². The zero-order chi connectivity index (χ0) is 17.9. The molecule has 0 radical (unpaired) electrons. The Balaban J connectivity index is 1.73. The monoisotopic (exact) mass is 347 g/mol. The number of anilines is 1. The standard InChI is InChI=1S/C19H18N6O/c1-13-10-16(26)25-17(15-8-5-9-20-12-15)23-18(24-19(25)22-13)21-11-14-6-3-2-4-7-14/h2-10,12,17H,11H2,1H3,(H2,21,22,23,24)/p+1/t17-/m1/s1. The van der Waals surface area contributed by atoms with Gasteiger partial charge in [-0.3, -0.25) is 20.1 Å². The summed E-state index contributed by atoms with van der Waals surface area (Å²) in [6.07, 6.45) is 3.06. The molecule has 1 aromatic carbocycles. The van der Waals surface area contributed by atoms with Gasteiger partial charge in [0.15, 0.2) is 6.17 Å². The Hall–Kier alpha value is -3.48. The molecule has 3 aromatic rings. The van der Waals surface area contributed by atoms with E-state index in [4.69, 9.17) is 0 Å². The van der Waals surface area contributed by atoms with Crippen molar-refractivity contribution in [1.82, 2.24) is 19.9 Å². The van der Waals surface area contributed by atoms with Crippen LogP contribution in [0.5, 0.6) is 0 Å².